The summed E-state index contributed by atoms with van der Waals surface area (Å²) in [6.45, 7) is 2.23. The van der Waals surface area contributed by atoms with E-state index in [9.17, 15) is 9.18 Å². The summed E-state index contributed by atoms with van der Waals surface area (Å²) >= 11 is 0. The first-order chi connectivity index (χ1) is 14.4. The number of benzene rings is 2. The lowest BCUT2D eigenvalue weighted by Gasteiger charge is -2.36. The monoisotopic (exact) mass is 405 g/mol. The molecule has 2 atom stereocenters. The number of ether oxygens (including phenoxy) is 1. The highest BCUT2D eigenvalue weighted by molar-refractivity contribution is 5.98. The van der Waals surface area contributed by atoms with Crippen LogP contribution >= 0.6 is 0 Å². The maximum Gasteiger partial charge on any atom is 0.254 e. The number of aromatic nitrogens is 3. The Labute approximate surface area is 171 Å². The maximum atomic E-state index is 13.7. The first kappa shape index (κ1) is 18.5. The van der Waals surface area contributed by atoms with Crippen molar-refractivity contribution in [1.82, 2.24) is 19.3 Å². The van der Waals surface area contributed by atoms with Crippen LogP contribution in [0.4, 0.5) is 10.2 Å². The third-order valence-corrected chi connectivity index (χ3v) is 5.76. The Bertz CT molecular complexity index is 1300. The van der Waals surface area contributed by atoms with Crippen molar-refractivity contribution >= 4 is 28.3 Å². The second kappa shape index (κ2) is 6.77. The first-order valence-corrected chi connectivity index (χ1v) is 9.63. The smallest absolute Gasteiger partial charge is 0.254 e. The predicted octanol–water partition coefficient (Wildman–Crippen LogP) is 3.51. The Hall–Kier alpha value is -3.52. The van der Waals surface area contributed by atoms with Crippen LogP contribution < -0.4 is 5.73 Å². The van der Waals surface area contributed by atoms with Gasteiger partial charge in [-0.05, 0) is 48.4 Å². The van der Waals surface area contributed by atoms with Crippen LogP contribution in [0.5, 0.6) is 0 Å². The lowest BCUT2D eigenvalue weighted by molar-refractivity contribution is 0.00475. The van der Waals surface area contributed by atoms with E-state index in [4.69, 9.17) is 10.5 Å². The Morgan fingerprint density at radius 3 is 2.90 bits per heavy atom. The summed E-state index contributed by atoms with van der Waals surface area (Å²) in [7, 11) is 1.73. The molecule has 2 N–H and O–H groups in total. The molecule has 7 nitrogen and oxygen atoms in total. The van der Waals surface area contributed by atoms with Crippen molar-refractivity contribution in [3.05, 3.63) is 71.4 Å². The highest BCUT2D eigenvalue weighted by Gasteiger charge is 2.31. The largest absolute Gasteiger partial charge is 0.382 e. The Kier molecular flexibility index (Phi) is 4.18. The van der Waals surface area contributed by atoms with Gasteiger partial charge in [0.05, 0.1) is 42.3 Å². The second-order valence-corrected chi connectivity index (χ2v) is 7.53. The molecule has 3 heterocycles. The maximum absolute atomic E-state index is 13.7. The molecule has 4 aromatic rings. The van der Waals surface area contributed by atoms with Crippen molar-refractivity contribution in [2.24, 2.45) is 0 Å². The number of nitrogens with two attached hydrogens (primary N) is 1. The van der Waals surface area contributed by atoms with Crippen LogP contribution in [0.25, 0.3) is 16.6 Å². The first-order valence-electron chi connectivity index (χ1n) is 9.63. The van der Waals surface area contributed by atoms with E-state index < -0.39 is 0 Å². The van der Waals surface area contributed by atoms with Gasteiger partial charge in [-0.2, -0.15) is 0 Å². The molecule has 0 fully saturated rings. The molecule has 0 unspecified atom stereocenters. The second-order valence-electron chi connectivity index (χ2n) is 7.53. The highest BCUT2D eigenvalue weighted by Crippen LogP contribution is 2.36. The number of hydrogen-bond acceptors (Lipinski definition) is 5. The quantitative estimate of drug-likeness (QED) is 0.552. The van der Waals surface area contributed by atoms with Crippen molar-refractivity contribution in [1.29, 1.82) is 0 Å². The molecule has 0 aliphatic carbocycles. The summed E-state index contributed by atoms with van der Waals surface area (Å²) in [6, 6.07) is 9.62. The van der Waals surface area contributed by atoms with Gasteiger partial charge >= 0.3 is 0 Å². The summed E-state index contributed by atoms with van der Waals surface area (Å²) in [5.74, 6) is -0.0987. The number of imidazole rings is 1. The molecule has 0 saturated heterocycles. The van der Waals surface area contributed by atoms with Crippen molar-refractivity contribution in [3.63, 3.8) is 0 Å². The summed E-state index contributed by atoms with van der Waals surface area (Å²) in [4.78, 5) is 23.5. The topological polar surface area (TPSA) is 85.8 Å². The molecule has 0 bridgehead atoms. The molecule has 5 rings (SSSR count). The number of rotatable bonds is 2. The molecule has 1 amide bonds. The van der Waals surface area contributed by atoms with Gasteiger partial charge in [0.25, 0.3) is 5.91 Å². The number of nitrogen functional groups attached to an aromatic ring is 1. The zero-order valence-corrected chi connectivity index (χ0v) is 16.5. The zero-order chi connectivity index (χ0) is 21.0. The van der Waals surface area contributed by atoms with E-state index >= 15 is 0 Å². The van der Waals surface area contributed by atoms with Gasteiger partial charge in [0.2, 0.25) is 0 Å². The molecule has 2 aromatic heterocycles. The minimum Gasteiger partial charge on any atom is -0.382 e. The lowest BCUT2D eigenvalue weighted by Crippen LogP contribution is -2.37. The van der Waals surface area contributed by atoms with E-state index in [1.54, 1.807) is 48.7 Å². The van der Waals surface area contributed by atoms with Crippen molar-refractivity contribution in [2.75, 3.05) is 19.4 Å². The van der Waals surface area contributed by atoms with Crippen LogP contribution in [0.3, 0.4) is 0 Å². The summed E-state index contributed by atoms with van der Waals surface area (Å²) in [5, 5.41) is 0. The van der Waals surface area contributed by atoms with Crippen LogP contribution in [-0.2, 0) is 4.74 Å². The Balaban J connectivity index is 1.54. The number of nitrogens with zero attached hydrogens (tertiary/aromatic N) is 4. The van der Waals surface area contributed by atoms with Gasteiger partial charge in [-0.15, -0.1) is 0 Å². The van der Waals surface area contributed by atoms with Crippen LogP contribution in [0, 0.1) is 5.82 Å². The number of fused-ring (bicyclic) bond motifs is 4. The number of amides is 1. The fraction of sp³-hybridized carbons (Fsp3) is 0.227. The third kappa shape index (κ3) is 2.80. The van der Waals surface area contributed by atoms with E-state index in [2.05, 4.69) is 9.97 Å². The average Bonchev–Trinajstić information content (AvgIpc) is 3.24. The van der Waals surface area contributed by atoms with E-state index in [-0.39, 0.29) is 23.9 Å². The molecule has 0 saturated carbocycles. The molecular weight excluding hydrogens is 385 g/mol. The summed E-state index contributed by atoms with van der Waals surface area (Å²) < 4.78 is 21.4. The average molecular weight is 405 g/mol. The van der Waals surface area contributed by atoms with E-state index in [0.29, 0.717) is 29.0 Å². The number of halogens is 1. The van der Waals surface area contributed by atoms with Gasteiger partial charge in [-0.1, -0.05) is 6.07 Å². The number of carbonyl (C=O) groups excluding carboxylic acids is 1. The fourth-order valence-corrected chi connectivity index (χ4v) is 4.09. The highest BCUT2D eigenvalue weighted by atomic mass is 19.1. The SMILES string of the molecule is C[C@H]1OC[C@@H](N(C)C(=O)c2ccc3nc(N)c4cncn4c3c2)c2ccc(F)cc21. The number of hydrogen-bond donors (Lipinski definition) is 1. The van der Waals surface area contributed by atoms with Gasteiger partial charge in [-0.25, -0.2) is 14.4 Å². The minimum atomic E-state index is -0.315. The Morgan fingerprint density at radius 1 is 1.23 bits per heavy atom. The van der Waals surface area contributed by atoms with Crippen LogP contribution in [0.1, 0.15) is 40.6 Å². The minimum absolute atomic E-state index is 0.166. The number of likely N-dealkylation sites (N-methyl/N-ethyl adjacent to an activating group) is 1. The normalized spacial score (nSPS) is 18.5. The molecule has 1 aliphatic heterocycles. The molecule has 0 radical (unpaired) electrons. The number of carbonyl (C=O) groups is 1. The van der Waals surface area contributed by atoms with Gasteiger partial charge in [0.1, 0.15) is 17.2 Å². The molecule has 0 spiro atoms. The van der Waals surface area contributed by atoms with Gasteiger partial charge in [0, 0.05) is 12.6 Å². The van der Waals surface area contributed by atoms with Crippen LogP contribution in [0.2, 0.25) is 0 Å². The van der Waals surface area contributed by atoms with Crippen LogP contribution in [0.15, 0.2) is 48.9 Å². The fourth-order valence-electron chi connectivity index (χ4n) is 4.09. The molecule has 8 heteroatoms. The third-order valence-electron chi connectivity index (χ3n) is 5.76. The van der Waals surface area contributed by atoms with Crippen molar-refractivity contribution < 1.29 is 13.9 Å². The summed E-state index contributed by atoms with van der Waals surface area (Å²) in [6.07, 6.45) is 3.07. The standard InChI is InChI=1S/C22H20FN5O2/c1-12-16-8-14(23)4-5-15(16)20(10-30-12)27(2)22(29)13-3-6-17-18(7-13)28-11-25-9-19(28)21(24)26-17/h3-9,11-12,20H,10H2,1-2H3,(H2,24,26)/t12-,20-/m1/s1. The van der Waals surface area contributed by atoms with Crippen LogP contribution in [-0.4, -0.2) is 38.8 Å². The van der Waals surface area contributed by atoms with Crippen molar-refractivity contribution in [2.45, 2.75) is 19.1 Å². The lowest BCUT2D eigenvalue weighted by atomic mass is 9.93. The molecule has 152 valence electrons. The Morgan fingerprint density at radius 2 is 2.07 bits per heavy atom. The van der Waals surface area contributed by atoms with Gasteiger partial charge in [0.15, 0.2) is 0 Å². The molecule has 1 aliphatic rings. The van der Waals surface area contributed by atoms with Gasteiger partial charge in [-0.3, -0.25) is 9.20 Å². The predicted molar refractivity (Wildman–Crippen MR) is 111 cm³/mol. The van der Waals surface area contributed by atoms with Gasteiger partial charge < -0.3 is 15.4 Å². The van der Waals surface area contributed by atoms with Crippen molar-refractivity contribution in [3.8, 4) is 0 Å². The van der Waals surface area contributed by atoms with E-state index in [1.165, 1.54) is 12.1 Å². The number of anilines is 1. The zero-order valence-electron chi connectivity index (χ0n) is 16.5. The molecule has 30 heavy (non-hydrogen) atoms. The molecular formula is C22H20FN5O2. The van der Waals surface area contributed by atoms with E-state index in [0.717, 1.165) is 16.6 Å². The molecule has 2 aromatic carbocycles. The van der Waals surface area contributed by atoms with E-state index in [1.807, 2.05) is 11.3 Å². The summed E-state index contributed by atoms with van der Waals surface area (Å²) in [5.41, 5.74) is 10.3.